The highest BCUT2D eigenvalue weighted by molar-refractivity contribution is 7.98. The van der Waals surface area contributed by atoms with Gasteiger partial charge < -0.3 is 0 Å². The lowest BCUT2D eigenvalue weighted by Crippen LogP contribution is -2.11. The van der Waals surface area contributed by atoms with E-state index >= 15 is 0 Å². The Hall–Kier alpha value is -2.17. The average molecular weight is 296 g/mol. The number of hydrogen-bond donors (Lipinski definition) is 1. The van der Waals surface area contributed by atoms with Gasteiger partial charge >= 0.3 is 0 Å². The third-order valence-electron chi connectivity index (χ3n) is 3.41. The van der Waals surface area contributed by atoms with Crippen molar-refractivity contribution in [3.8, 4) is 0 Å². The van der Waals surface area contributed by atoms with Crippen LogP contribution in [0.25, 0.3) is 5.57 Å². The second-order valence-corrected chi connectivity index (χ2v) is 6.85. The highest BCUT2D eigenvalue weighted by Crippen LogP contribution is 2.25. The van der Waals surface area contributed by atoms with Crippen molar-refractivity contribution in [2.45, 2.75) is 4.90 Å². The summed E-state index contributed by atoms with van der Waals surface area (Å²) in [6, 6.07) is 17.5. The van der Waals surface area contributed by atoms with E-state index < -0.39 is 9.71 Å². The van der Waals surface area contributed by atoms with E-state index in [2.05, 4.69) is 29.1 Å². The molecule has 0 aromatic heterocycles. The summed E-state index contributed by atoms with van der Waals surface area (Å²) in [4.78, 5) is 5.12. The first-order valence-corrected chi connectivity index (χ1v) is 8.40. The molecule has 0 bridgehead atoms. The Kier molecular flexibility index (Phi) is 3.49. The minimum absolute atomic E-state index is 0.558. The van der Waals surface area contributed by atoms with E-state index in [0.717, 1.165) is 22.4 Å². The van der Waals surface area contributed by atoms with Crippen LogP contribution in [0.3, 0.4) is 0 Å². The minimum Gasteiger partial charge on any atom is -0.280 e. The van der Waals surface area contributed by atoms with Gasteiger partial charge in [0.25, 0.3) is 0 Å². The van der Waals surface area contributed by atoms with Crippen LogP contribution in [-0.2, 0) is 9.71 Å². The van der Waals surface area contributed by atoms with Crippen LogP contribution < -0.4 is 5.14 Å². The number of aliphatic imine (C=N–C) groups is 1. The molecule has 1 unspecified atom stereocenters. The maximum absolute atomic E-state index is 11.7. The maximum Gasteiger partial charge on any atom is 0.0726 e. The van der Waals surface area contributed by atoms with Gasteiger partial charge in [0.15, 0.2) is 0 Å². The molecule has 2 aromatic rings. The smallest absolute Gasteiger partial charge is 0.0726 e. The first kappa shape index (κ1) is 13.8. The Morgan fingerprint density at radius 2 is 1.67 bits per heavy atom. The fourth-order valence-corrected chi connectivity index (χ4v) is 2.97. The highest BCUT2D eigenvalue weighted by Gasteiger charge is 2.15. The zero-order chi connectivity index (χ0) is 14.9. The van der Waals surface area contributed by atoms with Gasteiger partial charge in [-0.05, 0) is 23.6 Å². The Bertz CT molecular complexity index is 817. The zero-order valence-corrected chi connectivity index (χ0v) is 12.3. The van der Waals surface area contributed by atoms with Crippen LogP contribution in [-0.4, -0.2) is 22.3 Å². The molecule has 2 N–H and O–H groups in total. The fourth-order valence-electron chi connectivity index (χ4n) is 2.37. The highest BCUT2D eigenvalue weighted by atomic mass is 32.2. The maximum atomic E-state index is 11.7. The van der Waals surface area contributed by atoms with E-state index in [-0.39, 0.29) is 0 Å². The Morgan fingerprint density at radius 1 is 1.00 bits per heavy atom. The SMILES string of the molecule is C=S(N)(=O)c1ccc(C2=CCN=C2c2ccccc2)cc1. The van der Waals surface area contributed by atoms with Gasteiger partial charge in [0.1, 0.15) is 0 Å². The van der Waals surface area contributed by atoms with Gasteiger partial charge in [-0.15, -0.1) is 0 Å². The Morgan fingerprint density at radius 3 is 2.29 bits per heavy atom. The molecule has 21 heavy (non-hydrogen) atoms. The molecule has 1 heterocycles. The lowest BCUT2D eigenvalue weighted by atomic mass is 9.97. The van der Waals surface area contributed by atoms with Crippen molar-refractivity contribution in [1.29, 1.82) is 0 Å². The second kappa shape index (κ2) is 5.31. The van der Waals surface area contributed by atoms with Crippen molar-refractivity contribution in [2.75, 3.05) is 6.54 Å². The first-order chi connectivity index (χ1) is 10.1. The summed E-state index contributed by atoms with van der Waals surface area (Å²) in [5.41, 5.74) is 4.24. The molecule has 0 saturated heterocycles. The van der Waals surface area contributed by atoms with Crippen LogP contribution in [0.4, 0.5) is 0 Å². The summed E-state index contributed by atoms with van der Waals surface area (Å²) >= 11 is 0. The summed E-state index contributed by atoms with van der Waals surface area (Å²) in [5, 5.41) is 5.56. The molecule has 0 radical (unpaired) electrons. The number of hydrogen-bond acceptors (Lipinski definition) is 2. The van der Waals surface area contributed by atoms with Crippen molar-refractivity contribution in [1.82, 2.24) is 0 Å². The van der Waals surface area contributed by atoms with E-state index in [1.165, 1.54) is 0 Å². The van der Waals surface area contributed by atoms with Crippen LogP contribution >= 0.6 is 0 Å². The lowest BCUT2D eigenvalue weighted by molar-refractivity contribution is 0.682. The van der Waals surface area contributed by atoms with E-state index in [1.807, 2.05) is 30.3 Å². The third kappa shape index (κ3) is 2.82. The van der Waals surface area contributed by atoms with Crippen molar-refractivity contribution in [3.05, 3.63) is 71.8 Å². The van der Waals surface area contributed by atoms with E-state index in [0.29, 0.717) is 11.4 Å². The van der Waals surface area contributed by atoms with Gasteiger partial charge in [-0.3, -0.25) is 10.1 Å². The number of rotatable bonds is 3. The van der Waals surface area contributed by atoms with Crippen LogP contribution in [0.2, 0.25) is 0 Å². The molecule has 4 heteroatoms. The fraction of sp³-hybridized carbons (Fsp3) is 0.0588. The van der Waals surface area contributed by atoms with Crippen LogP contribution in [0.1, 0.15) is 11.1 Å². The zero-order valence-electron chi connectivity index (χ0n) is 11.5. The quantitative estimate of drug-likeness (QED) is 0.869. The standard InChI is InChI=1S/C17H16N2OS/c1-21(18,20)15-9-7-13(8-10-15)16-11-12-19-17(16)14-5-3-2-4-6-14/h2-11H,1,12H2,(H2,18,20). The van der Waals surface area contributed by atoms with Crippen LogP contribution in [0.5, 0.6) is 0 Å². The van der Waals surface area contributed by atoms with Gasteiger partial charge in [-0.25, -0.2) is 4.21 Å². The minimum atomic E-state index is -2.66. The molecule has 1 aliphatic rings. The summed E-state index contributed by atoms with van der Waals surface area (Å²) in [6.07, 6.45) is 2.10. The molecule has 3 nitrogen and oxygen atoms in total. The number of benzene rings is 2. The van der Waals surface area contributed by atoms with Gasteiger partial charge in [0, 0.05) is 16.0 Å². The Balaban J connectivity index is 1.96. The predicted molar refractivity (Wildman–Crippen MR) is 90.0 cm³/mol. The molecule has 106 valence electrons. The normalized spacial score (nSPS) is 17.0. The molecule has 1 aliphatic heterocycles. The van der Waals surface area contributed by atoms with E-state index in [9.17, 15) is 4.21 Å². The number of nitrogens with two attached hydrogens (primary N) is 1. The van der Waals surface area contributed by atoms with E-state index in [1.54, 1.807) is 12.1 Å². The third-order valence-corrected chi connectivity index (χ3v) is 4.48. The largest absolute Gasteiger partial charge is 0.280 e. The molecular formula is C17H16N2OS. The van der Waals surface area contributed by atoms with Gasteiger partial charge in [0.05, 0.1) is 22.0 Å². The monoisotopic (exact) mass is 296 g/mol. The van der Waals surface area contributed by atoms with Gasteiger partial charge in [-0.1, -0.05) is 48.5 Å². The topological polar surface area (TPSA) is 55.5 Å². The first-order valence-electron chi connectivity index (χ1n) is 6.61. The summed E-state index contributed by atoms with van der Waals surface area (Å²) in [5.74, 6) is 3.50. The number of allylic oxidation sites excluding steroid dienone is 1. The molecule has 0 spiro atoms. The van der Waals surface area contributed by atoms with Crippen molar-refractivity contribution in [3.63, 3.8) is 0 Å². The molecule has 1 atom stereocenters. The van der Waals surface area contributed by atoms with Crippen molar-refractivity contribution >= 4 is 26.9 Å². The summed E-state index contributed by atoms with van der Waals surface area (Å²) in [7, 11) is -2.66. The molecule has 0 amide bonds. The summed E-state index contributed by atoms with van der Waals surface area (Å²) in [6.45, 7) is 0.685. The van der Waals surface area contributed by atoms with Crippen LogP contribution in [0.15, 0.2) is 70.6 Å². The molecule has 3 rings (SSSR count). The second-order valence-electron chi connectivity index (χ2n) is 4.92. The Labute approximate surface area is 125 Å². The lowest BCUT2D eigenvalue weighted by Gasteiger charge is -2.09. The van der Waals surface area contributed by atoms with Crippen molar-refractivity contribution < 1.29 is 4.21 Å². The summed E-state index contributed by atoms with van der Waals surface area (Å²) < 4.78 is 11.7. The van der Waals surface area contributed by atoms with Crippen molar-refractivity contribution in [2.24, 2.45) is 10.1 Å². The van der Waals surface area contributed by atoms with Gasteiger partial charge in [-0.2, -0.15) is 0 Å². The molecule has 0 fully saturated rings. The van der Waals surface area contributed by atoms with E-state index in [4.69, 9.17) is 5.14 Å². The molecule has 0 saturated carbocycles. The van der Waals surface area contributed by atoms with Gasteiger partial charge in [0.2, 0.25) is 0 Å². The average Bonchev–Trinajstić information content (AvgIpc) is 2.97. The number of nitrogens with zero attached hydrogens (tertiary/aromatic N) is 1. The molecule has 2 aromatic carbocycles. The predicted octanol–water partition coefficient (Wildman–Crippen LogP) is 2.52. The molecule has 0 aliphatic carbocycles. The molecular weight excluding hydrogens is 280 g/mol. The van der Waals surface area contributed by atoms with Crippen LogP contribution in [0, 0.1) is 0 Å².